The lowest BCUT2D eigenvalue weighted by atomic mass is 9.94. The summed E-state index contributed by atoms with van der Waals surface area (Å²) in [5.74, 6) is -6.05. The second kappa shape index (κ2) is 18.7. The van der Waals surface area contributed by atoms with E-state index in [4.69, 9.17) is 10.5 Å². The molecule has 24 heteroatoms. The molecule has 2 atom stereocenters. The molecule has 2 aromatic rings. The first-order valence-electron chi connectivity index (χ1n) is 18.1. The van der Waals surface area contributed by atoms with Gasteiger partial charge in [0.15, 0.2) is 0 Å². The molecule has 1 unspecified atom stereocenters. The topological polar surface area (TPSA) is 336 Å². The molecule has 0 aliphatic carbocycles. The molecule has 1 aromatic carbocycles. The maximum absolute atomic E-state index is 13.6. The summed E-state index contributed by atoms with van der Waals surface area (Å²) in [6, 6.07) is -2.88. The number of hydrogen-bond acceptors (Lipinski definition) is 13. The number of amides is 6. The quantitative estimate of drug-likeness (QED) is 0.0706. The van der Waals surface area contributed by atoms with Gasteiger partial charge in [0.1, 0.15) is 35.7 Å². The van der Waals surface area contributed by atoms with Gasteiger partial charge in [0.05, 0.1) is 43.7 Å². The van der Waals surface area contributed by atoms with E-state index in [2.05, 4.69) is 51.9 Å². The molecule has 0 radical (unpaired) electrons. The molecule has 58 heavy (non-hydrogen) atoms. The molecule has 0 spiro atoms. The lowest BCUT2D eigenvalue weighted by molar-refractivity contribution is -0.140. The Morgan fingerprint density at radius 3 is 2.21 bits per heavy atom. The maximum Gasteiger partial charge on any atom is 0.305 e. The van der Waals surface area contributed by atoms with E-state index < -0.39 is 101 Å². The summed E-state index contributed by atoms with van der Waals surface area (Å²) in [6.07, 6.45) is 0.973. The van der Waals surface area contributed by atoms with Crippen molar-refractivity contribution < 1.29 is 51.8 Å². The van der Waals surface area contributed by atoms with Crippen LogP contribution in [0.3, 0.4) is 0 Å². The van der Waals surface area contributed by atoms with Crippen LogP contribution in [0.1, 0.15) is 61.1 Å². The lowest BCUT2D eigenvalue weighted by Gasteiger charge is -2.20. The highest BCUT2D eigenvalue weighted by atomic mass is 32.2. The van der Waals surface area contributed by atoms with E-state index in [1.165, 1.54) is 6.20 Å². The number of nitrogens with zero attached hydrogens (tertiary/aromatic N) is 4. The predicted octanol–water partition coefficient (Wildman–Crippen LogP) is -3.59. The Kier molecular flexibility index (Phi) is 14.3. The fourth-order valence-electron chi connectivity index (χ4n) is 6.22. The summed E-state index contributed by atoms with van der Waals surface area (Å²) in [7, 11) is -4.20. The molecule has 0 fully saturated rings. The Balaban J connectivity index is 1.44. The zero-order valence-electron chi connectivity index (χ0n) is 32.6. The lowest BCUT2D eigenvalue weighted by Crippen LogP contribution is -2.53. The molecule has 2 aliphatic rings. The summed E-state index contributed by atoms with van der Waals surface area (Å²) >= 11 is 0. The van der Waals surface area contributed by atoms with Gasteiger partial charge in [0, 0.05) is 18.5 Å². The second-order valence-electron chi connectivity index (χ2n) is 14.3. The van der Waals surface area contributed by atoms with Gasteiger partial charge in [-0.3, -0.25) is 38.6 Å². The number of ether oxygens (including phenoxy) is 1. The smallest absolute Gasteiger partial charge is 0.305 e. The van der Waals surface area contributed by atoms with Crippen molar-refractivity contribution in [2.75, 3.05) is 26.2 Å². The summed E-state index contributed by atoms with van der Waals surface area (Å²) in [6.45, 7) is 6.44. The molecule has 0 saturated heterocycles. The molecule has 4 rings (SSSR count). The third-order valence-electron chi connectivity index (χ3n) is 9.07. The molecule has 0 saturated carbocycles. The summed E-state index contributed by atoms with van der Waals surface area (Å²) < 4.78 is 36.6. The number of nitrogens with two attached hydrogens (primary N) is 1. The van der Waals surface area contributed by atoms with Crippen LogP contribution in [0, 0.1) is 20.8 Å². The molecule has 2 aliphatic heterocycles. The highest BCUT2D eigenvalue weighted by molar-refractivity contribution is 7.90. The highest BCUT2D eigenvalue weighted by Gasteiger charge is 2.37. The first-order valence-corrected chi connectivity index (χ1v) is 19.6. The van der Waals surface area contributed by atoms with E-state index in [-0.39, 0.29) is 43.1 Å². The monoisotopic (exact) mass is 832 g/mol. The van der Waals surface area contributed by atoms with E-state index in [1.54, 1.807) is 20.8 Å². The number of hydrogen-bond donors (Lipinski definition) is 9. The summed E-state index contributed by atoms with van der Waals surface area (Å²) in [5, 5.41) is 31.0. The van der Waals surface area contributed by atoms with Gasteiger partial charge in [-0.25, -0.2) is 17.8 Å². The zero-order valence-corrected chi connectivity index (χ0v) is 33.4. The number of sulfonamides is 1. The van der Waals surface area contributed by atoms with Crippen LogP contribution in [0.5, 0.6) is 5.75 Å². The fourth-order valence-corrected chi connectivity index (χ4v) is 7.74. The van der Waals surface area contributed by atoms with Gasteiger partial charge in [-0.05, 0) is 64.2 Å². The minimum absolute atomic E-state index is 0.0553. The number of carboxylic acids is 1. The van der Waals surface area contributed by atoms with Crippen LogP contribution in [0.15, 0.2) is 16.1 Å². The van der Waals surface area contributed by atoms with Gasteiger partial charge in [0.25, 0.3) is 10.0 Å². The molecule has 1 aromatic heterocycles. The summed E-state index contributed by atoms with van der Waals surface area (Å²) in [5.41, 5.74) is 8.15. The predicted molar refractivity (Wildman–Crippen MR) is 202 cm³/mol. The molecular formula is C34H48N12O11S. The van der Waals surface area contributed by atoms with Crippen LogP contribution in [-0.4, -0.2) is 120 Å². The number of nitrogens with one attached hydrogen (secondary N) is 7. The number of guanidine groups is 1. The van der Waals surface area contributed by atoms with E-state index >= 15 is 0 Å². The molecule has 23 nitrogen and oxygen atoms in total. The molecule has 3 heterocycles. The van der Waals surface area contributed by atoms with Crippen molar-refractivity contribution >= 4 is 57.4 Å². The minimum Gasteiger partial charge on any atom is -0.487 e. The van der Waals surface area contributed by atoms with Crippen molar-refractivity contribution in [1.82, 2.24) is 51.6 Å². The van der Waals surface area contributed by atoms with Gasteiger partial charge in [-0.1, -0.05) is 5.21 Å². The maximum atomic E-state index is 13.6. The van der Waals surface area contributed by atoms with Crippen molar-refractivity contribution in [2.45, 2.75) is 96.0 Å². The van der Waals surface area contributed by atoms with Crippen LogP contribution >= 0.6 is 0 Å². The first kappa shape index (κ1) is 44.4. The standard InChI is InChI=1S/C34H48N12O11S/c1-17-18(2)30(19(3)21-10-34(4,5)57-29(17)21)58(55,56)44-33(35)36-8-6-7-22-31(53)40-14-26(49)42-23(9-28(51)52)32(54)39-11-20-15-46(45-43-20)16-27(50)38-12-24(47)37-13-25(48)41-22/h15,22-23H,6-14,16H2,1-5H3,(H,37,47)(H,38,50)(H,39,54)(H,40,53)(H,41,48)(H,42,49)(H,51,52)(H3,35,36,44)/t22?,23-/m0/s1. The van der Waals surface area contributed by atoms with E-state index in [0.717, 1.165) is 10.2 Å². The van der Waals surface area contributed by atoms with Crippen molar-refractivity contribution in [1.29, 1.82) is 0 Å². The number of carbonyl (C=O) groups is 7. The Hall–Kier alpha value is -6.33. The highest BCUT2D eigenvalue weighted by Crippen LogP contribution is 2.43. The van der Waals surface area contributed by atoms with Crippen molar-refractivity contribution in [3.05, 3.63) is 34.1 Å². The van der Waals surface area contributed by atoms with Gasteiger partial charge in [0.2, 0.25) is 41.4 Å². The number of aliphatic carboxylic acids is 1. The second-order valence-corrected chi connectivity index (χ2v) is 15.9. The van der Waals surface area contributed by atoms with E-state index in [9.17, 15) is 47.1 Å². The first-order chi connectivity index (χ1) is 27.2. The summed E-state index contributed by atoms with van der Waals surface area (Å²) in [4.78, 5) is 91.8. The van der Waals surface area contributed by atoms with Crippen LogP contribution in [0.2, 0.25) is 0 Å². The molecule has 316 valence electrons. The van der Waals surface area contributed by atoms with Crippen LogP contribution in [0.25, 0.3) is 0 Å². The van der Waals surface area contributed by atoms with Crippen LogP contribution in [-0.2, 0) is 63.1 Å². The van der Waals surface area contributed by atoms with E-state index in [0.29, 0.717) is 28.9 Å². The third kappa shape index (κ3) is 12.1. The van der Waals surface area contributed by atoms with Crippen molar-refractivity contribution in [3.63, 3.8) is 0 Å². The third-order valence-corrected chi connectivity index (χ3v) is 10.7. The van der Waals surface area contributed by atoms with Gasteiger partial charge in [-0.2, -0.15) is 0 Å². The number of aliphatic imine (C=N–C) groups is 1. The number of aromatic nitrogens is 3. The van der Waals surface area contributed by atoms with Gasteiger partial charge >= 0.3 is 5.97 Å². The molecule has 2 bridgehead atoms. The normalized spacial score (nSPS) is 20.1. The fraction of sp³-hybridized carbons (Fsp3) is 0.529. The van der Waals surface area contributed by atoms with Crippen molar-refractivity contribution in [2.24, 2.45) is 10.7 Å². The molecule has 6 amide bonds. The van der Waals surface area contributed by atoms with Gasteiger partial charge in [-0.15, -0.1) is 5.10 Å². The van der Waals surface area contributed by atoms with Crippen LogP contribution < -0.4 is 47.1 Å². The average molecular weight is 833 g/mol. The van der Waals surface area contributed by atoms with Crippen LogP contribution in [0.4, 0.5) is 0 Å². The Labute approximate surface area is 333 Å². The molecule has 10 N–H and O–H groups in total. The zero-order chi connectivity index (χ0) is 42.9. The van der Waals surface area contributed by atoms with E-state index in [1.807, 2.05) is 13.8 Å². The Morgan fingerprint density at radius 2 is 1.52 bits per heavy atom. The number of rotatable bonds is 8. The number of carbonyl (C=O) groups excluding carboxylic acids is 6. The largest absolute Gasteiger partial charge is 0.487 e. The SMILES string of the molecule is Cc1c(C)c(S(=O)(=O)NC(N)=NCCCC2NC(=O)CNC(=O)CNC(=O)Cn3cc(nn3)CNC(=O)[C@H](CC(=O)O)NC(=O)CNC2=O)c(C)c2c1OC(C)(C)C2. The average Bonchev–Trinajstić information content (AvgIpc) is 3.73. The number of fused-ring (bicyclic) bond motifs is 3. The van der Waals surface area contributed by atoms with Gasteiger partial charge < -0.3 is 47.5 Å². The Bertz CT molecular complexity index is 2120. The molecular weight excluding hydrogens is 785 g/mol. The minimum atomic E-state index is -4.20. The Morgan fingerprint density at radius 1 is 0.914 bits per heavy atom. The number of carboxylic acid groups (broad SMARTS) is 1. The number of benzene rings is 1. The van der Waals surface area contributed by atoms with Crippen molar-refractivity contribution in [3.8, 4) is 5.75 Å².